The molecule has 0 spiro atoms. The van der Waals surface area contributed by atoms with Crippen LogP contribution in [0.25, 0.3) is 115 Å². The summed E-state index contributed by atoms with van der Waals surface area (Å²) in [5.74, 6) is 0. The summed E-state index contributed by atoms with van der Waals surface area (Å²) in [6.45, 7) is 0. The van der Waals surface area contributed by atoms with E-state index in [0.717, 1.165) is 71.7 Å². The first-order chi connectivity index (χ1) is 25.3. The first-order valence-corrected chi connectivity index (χ1v) is 17.4. The molecule has 12 rings (SSSR count). The van der Waals surface area contributed by atoms with E-state index in [1.807, 2.05) is 12.1 Å². The number of para-hydroxylation sites is 3. The normalized spacial score (nSPS) is 12.3. The number of nitrogens with zero attached hydrogens (tertiary/aromatic N) is 1. The van der Waals surface area contributed by atoms with Gasteiger partial charge >= 0.3 is 0 Å². The minimum Gasteiger partial charge on any atom is -0.456 e. The molecule has 9 aromatic carbocycles. The van der Waals surface area contributed by atoms with E-state index in [2.05, 4.69) is 156 Å². The molecule has 0 aliphatic rings. The Balaban J connectivity index is 1.21. The summed E-state index contributed by atoms with van der Waals surface area (Å²) in [6, 6.07) is 58.7. The molecule has 0 atom stereocenters. The van der Waals surface area contributed by atoms with E-state index >= 15 is 0 Å². The van der Waals surface area contributed by atoms with Crippen LogP contribution < -0.4 is 0 Å². The lowest BCUT2D eigenvalue weighted by molar-refractivity contribution is 0.669. The smallest absolute Gasteiger partial charge is 0.160 e. The Morgan fingerprint density at radius 3 is 1.59 bits per heavy atom. The molecule has 12 aromatic rings. The van der Waals surface area contributed by atoms with Gasteiger partial charge in [-0.15, -0.1) is 0 Å². The third-order valence-corrected chi connectivity index (χ3v) is 11.0. The van der Waals surface area contributed by atoms with Gasteiger partial charge in [-0.3, -0.25) is 0 Å². The molecule has 0 N–H and O–H groups in total. The molecule has 0 amide bonds. The third kappa shape index (κ3) is 3.57. The highest BCUT2D eigenvalue weighted by atomic mass is 16.3. The molecule has 3 nitrogen and oxygen atoms in total. The van der Waals surface area contributed by atoms with Crippen LogP contribution in [0.5, 0.6) is 0 Å². The maximum Gasteiger partial charge on any atom is 0.160 e. The van der Waals surface area contributed by atoms with Crippen LogP contribution in [-0.4, -0.2) is 4.57 Å². The van der Waals surface area contributed by atoms with E-state index in [1.54, 1.807) is 0 Å². The second-order valence-electron chi connectivity index (χ2n) is 13.6. The maximum absolute atomic E-state index is 6.96. The Labute approximate surface area is 291 Å². The topological polar surface area (TPSA) is 31.2 Å². The molecule has 3 aromatic heterocycles. The Morgan fingerprint density at radius 2 is 0.863 bits per heavy atom. The van der Waals surface area contributed by atoms with Gasteiger partial charge in [-0.05, 0) is 75.1 Å². The van der Waals surface area contributed by atoms with Crippen LogP contribution in [0.15, 0.2) is 173 Å². The molecule has 0 aliphatic heterocycles. The van der Waals surface area contributed by atoms with Crippen LogP contribution in [0.2, 0.25) is 0 Å². The summed E-state index contributed by atoms with van der Waals surface area (Å²) in [5.41, 5.74) is 9.28. The van der Waals surface area contributed by atoms with Gasteiger partial charge in [0, 0.05) is 48.8 Å². The van der Waals surface area contributed by atoms with Crippen LogP contribution in [0.3, 0.4) is 0 Å². The van der Waals surface area contributed by atoms with Crippen molar-refractivity contribution in [3.8, 4) is 16.8 Å². The van der Waals surface area contributed by atoms with Crippen molar-refractivity contribution in [3.05, 3.63) is 164 Å². The highest BCUT2D eigenvalue weighted by Gasteiger charge is 2.25. The minimum atomic E-state index is 0.896. The maximum atomic E-state index is 6.96. The fourth-order valence-corrected chi connectivity index (χ4v) is 8.81. The van der Waals surface area contributed by atoms with Crippen LogP contribution in [0.1, 0.15) is 0 Å². The SMILES string of the molecule is c1ccc2c(c1)oc1ccc(-c3ccc(-n4c5ccccc5c5c6c7ccccc7c7ccccc7c6c6c7ccccc7oc6c54)cc3)cc12. The van der Waals surface area contributed by atoms with Crippen LogP contribution >= 0.6 is 0 Å². The quantitative estimate of drug-likeness (QED) is 0.175. The van der Waals surface area contributed by atoms with Gasteiger partial charge in [0.25, 0.3) is 0 Å². The number of fused-ring (bicyclic) bond motifs is 18. The monoisotopic (exact) mass is 649 g/mol. The average Bonchev–Trinajstić information content (AvgIpc) is 3.88. The summed E-state index contributed by atoms with van der Waals surface area (Å²) in [5, 5.41) is 14.5. The largest absolute Gasteiger partial charge is 0.456 e. The molecule has 0 radical (unpaired) electrons. The fourth-order valence-electron chi connectivity index (χ4n) is 8.81. The summed E-state index contributed by atoms with van der Waals surface area (Å²) in [6.07, 6.45) is 0. The zero-order valence-corrected chi connectivity index (χ0v) is 27.4. The van der Waals surface area contributed by atoms with E-state index in [4.69, 9.17) is 8.83 Å². The van der Waals surface area contributed by atoms with E-state index < -0.39 is 0 Å². The number of rotatable bonds is 2. The second kappa shape index (κ2) is 9.87. The third-order valence-electron chi connectivity index (χ3n) is 11.0. The number of furan rings is 2. The number of benzene rings is 9. The summed E-state index contributed by atoms with van der Waals surface area (Å²) >= 11 is 0. The van der Waals surface area contributed by atoms with Crippen molar-refractivity contribution in [3.63, 3.8) is 0 Å². The van der Waals surface area contributed by atoms with Gasteiger partial charge in [-0.1, -0.05) is 121 Å². The van der Waals surface area contributed by atoms with Crippen molar-refractivity contribution in [1.29, 1.82) is 0 Å². The second-order valence-corrected chi connectivity index (χ2v) is 13.6. The van der Waals surface area contributed by atoms with Gasteiger partial charge in [0.2, 0.25) is 0 Å². The van der Waals surface area contributed by atoms with E-state index in [-0.39, 0.29) is 0 Å². The molecule has 3 heterocycles. The molecule has 51 heavy (non-hydrogen) atoms. The van der Waals surface area contributed by atoms with E-state index in [1.165, 1.54) is 43.1 Å². The molecule has 0 saturated heterocycles. The molecule has 3 heteroatoms. The van der Waals surface area contributed by atoms with Crippen molar-refractivity contribution < 1.29 is 8.83 Å². The van der Waals surface area contributed by atoms with Gasteiger partial charge in [-0.25, -0.2) is 0 Å². The molecular weight excluding hydrogens is 623 g/mol. The molecular formula is C48H27NO2. The fraction of sp³-hybridized carbons (Fsp3) is 0. The Hall–Kier alpha value is -6.84. The lowest BCUT2D eigenvalue weighted by atomic mass is 9.89. The zero-order chi connectivity index (χ0) is 33.2. The summed E-state index contributed by atoms with van der Waals surface area (Å²) in [7, 11) is 0. The molecule has 236 valence electrons. The molecule has 0 bridgehead atoms. The van der Waals surface area contributed by atoms with Crippen molar-refractivity contribution in [2.75, 3.05) is 0 Å². The van der Waals surface area contributed by atoms with Crippen molar-refractivity contribution in [2.45, 2.75) is 0 Å². The van der Waals surface area contributed by atoms with Gasteiger partial charge in [-0.2, -0.15) is 0 Å². The average molecular weight is 650 g/mol. The number of hydrogen-bond acceptors (Lipinski definition) is 2. The summed E-state index contributed by atoms with van der Waals surface area (Å²) < 4.78 is 15.5. The molecule has 0 aliphatic carbocycles. The predicted molar refractivity (Wildman–Crippen MR) is 213 cm³/mol. The minimum absolute atomic E-state index is 0.896. The lowest BCUT2D eigenvalue weighted by Crippen LogP contribution is -1.95. The number of aromatic nitrogens is 1. The number of hydrogen-bond donors (Lipinski definition) is 0. The molecule has 0 saturated carbocycles. The van der Waals surface area contributed by atoms with Gasteiger partial charge in [0.1, 0.15) is 16.7 Å². The first kappa shape index (κ1) is 27.0. The standard InChI is InChI=1S/C48H27NO2/c1-3-14-34-31(11-1)32-12-2-4-15-35(32)44-43(34)45-36-16-5-8-18-39(36)49(47(45)48-46(44)37-17-7-10-20-41(37)51-48)30-24-21-28(22-25-30)29-23-26-42-38(27-29)33-13-6-9-19-40(33)50-42/h1-27H. The van der Waals surface area contributed by atoms with Gasteiger partial charge in [0.05, 0.1) is 11.0 Å². The van der Waals surface area contributed by atoms with Crippen LogP contribution in [0, 0.1) is 0 Å². The van der Waals surface area contributed by atoms with Gasteiger partial charge < -0.3 is 13.4 Å². The Morgan fingerprint density at radius 1 is 0.333 bits per heavy atom. The zero-order valence-electron chi connectivity index (χ0n) is 27.4. The van der Waals surface area contributed by atoms with Crippen molar-refractivity contribution >= 4 is 98.0 Å². The van der Waals surface area contributed by atoms with E-state index in [0.29, 0.717) is 0 Å². The molecule has 0 unspecified atom stereocenters. The summed E-state index contributed by atoms with van der Waals surface area (Å²) in [4.78, 5) is 0. The highest BCUT2D eigenvalue weighted by molar-refractivity contribution is 6.44. The lowest BCUT2D eigenvalue weighted by Gasteiger charge is -2.14. The predicted octanol–water partition coefficient (Wildman–Crippen LogP) is 13.7. The van der Waals surface area contributed by atoms with Crippen LogP contribution in [0.4, 0.5) is 0 Å². The van der Waals surface area contributed by atoms with E-state index in [9.17, 15) is 0 Å². The van der Waals surface area contributed by atoms with Crippen molar-refractivity contribution in [2.24, 2.45) is 0 Å². The molecule has 0 fully saturated rings. The van der Waals surface area contributed by atoms with Gasteiger partial charge in [0.15, 0.2) is 5.58 Å². The van der Waals surface area contributed by atoms with Crippen LogP contribution in [-0.2, 0) is 0 Å². The first-order valence-electron chi connectivity index (χ1n) is 17.4. The Kier molecular flexibility index (Phi) is 5.23. The Bertz CT molecular complexity index is 3410. The highest BCUT2D eigenvalue weighted by Crippen LogP contribution is 2.50. The van der Waals surface area contributed by atoms with Crippen molar-refractivity contribution in [1.82, 2.24) is 4.57 Å².